The molecule has 2 aliphatic heterocycles. The van der Waals surface area contributed by atoms with Crippen molar-refractivity contribution in [1.29, 1.82) is 0 Å². The molecule has 0 saturated carbocycles. The van der Waals surface area contributed by atoms with Crippen molar-refractivity contribution in [2.24, 2.45) is 11.8 Å². The number of carbonyl (C=O) groups excluding carboxylic acids is 1. The molecule has 1 aliphatic carbocycles. The lowest BCUT2D eigenvalue weighted by Crippen LogP contribution is -2.29. The summed E-state index contributed by atoms with van der Waals surface area (Å²) in [5.41, 5.74) is 5.18. The lowest BCUT2D eigenvalue weighted by molar-refractivity contribution is 0.0519. The molecule has 0 N–H and O–H groups in total. The second kappa shape index (κ2) is 7.90. The Balaban J connectivity index is 1.44. The van der Waals surface area contributed by atoms with Gasteiger partial charge in [0, 0.05) is 41.7 Å². The van der Waals surface area contributed by atoms with Crippen LogP contribution < -0.4 is 4.74 Å². The Morgan fingerprint density at radius 1 is 0.969 bits per heavy atom. The van der Waals surface area contributed by atoms with Crippen molar-refractivity contribution in [3.05, 3.63) is 82.9 Å². The number of rotatable bonds is 4. The van der Waals surface area contributed by atoms with Crippen LogP contribution in [-0.4, -0.2) is 25.6 Å². The highest BCUT2D eigenvalue weighted by atomic mass is 16.5. The van der Waals surface area contributed by atoms with Gasteiger partial charge in [-0.1, -0.05) is 60.2 Å². The zero-order valence-electron chi connectivity index (χ0n) is 18.5. The molecule has 32 heavy (non-hydrogen) atoms. The average Bonchev–Trinajstić information content (AvgIpc) is 3.14. The smallest absolute Gasteiger partial charge is 0.194 e. The Kier molecular flexibility index (Phi) is 4.87. The number of Topliss-reactive ketones (excluding diaryl/α,β-unsaturated/α-hetero) is 1. The van der Waals surface area contributed by atoms with E-state index >= 15 is 0 Å². The number of carbonyl (C=O) groups is 1. The van der Waals surface area contributed by atoms with E-state index in [1.165, 1.54) is 11.1 Å². The lowest BCUT2D eigenvalue weighted by atomic mass is 9.76. The Hall–Kier alpha value is -2.91. The number of ketones is 1. The van der Waals surface area contributed by atoms with Gasteiger partial charge < -0.3 is 9.47 Å². The van der Waals surface area contributed by atoms with Crippen molar-refractivity contribution < 1.29 is 14.3 Å². The van der Waals surface area contributed by atoms with Crippen LogP contribution in [-0.2, 0) is 4.74 Å². The Morgan fingerprint density at radius 3 is 2.62 bits per heavy atom. The normalized spacial score (nSPS) is 22.7. The molecular weight excluding hydrogens is 396 g/mol. The van der Waals surface area contributed by atoms with Crippen molar-refractivity contribution in [3.63, 3.8) is 0 Å². The topological polar surface area (TPSA) is 35.5 Å². The van der Waals surface area contributed by atoms with Gasteiger partial charge in [0.1, 0.15) is 5.75 Å². The van der Waals surface area contributed by atoms with E-state index in [-0.39, 0.29) is 11.7 Å². The van der Waals surface area contributed by atoms with E-state index in [2.05, 4.69) is 37.3 Å². The molecule has 0 radical (unpaired) electrons. The summed E-state index contributed by atoms with van der Waals surface area (Å²) < 4.78 is 11.8. The minimum atomic E-state index is 0.131. The lowest BCUT2D eigenvalue weighted by Gasteiger charge is -2.35. The molecule has 3 aromatic carbocycles. The Morgan fingerprint density at radius 2 is 1.75 bits per heavy atom. The number of fused-ring (bicyclic) bond motifs is 1. The largest absolute Gasteiger partial charge is 0.493 e. The minimum absolute atomic E-state index is 0.131. The fourth-order valence-corrected chi connectivity index (χ4v) is 6.15. The van der Waals surface area contributed by atoms with Gasteiger partial charge in [0.25, 0.3) is 0 Å². The third kappa shape index (κ3) is 3.10. The van der Waals surface area contributed by atoms with Crippen LogP contribution in [0.3, 0.4) is 0 Å². The maximum atomic E-state index is 14.0. The molecule has 0 aromatic heterocycles. The van der Waals surface area contributed by atoms with E-state index in [0.717, 1.165) is 72.3 Å². The fraction of sp³-hybridized carbons (Fsp3) is 0.345. The number of ether oxygens (including phenoxy) is 2. The van der Waals surface area contributed by atoms with E-state index in [0.29, 0.717) is 11.8 Å². The summed E-state index contributed by atoms with van der Waals surface area (Å²) in [7, 11) is 0. The predicted octanol–water partition coefficient (Wildman–Crippen LogP) is 6.42. The predicted molar refractivity (Wildman–Crippen MR) is 127 cm³/mol. The highest BCUT2D eigenvalue weighted by molar-refractivity contribution is 6.34. The van der Waals surface area contributed by atoms with Crippen molar-refractivity contribution in [2.75, 3.05) is 19.8 Å². The van der Waals surface area contributed by atoms with E-state index in [9.17, 15) is 4.79 Å². The minimum Gasteiger partial charge on any atom is -0.493 e. The maximum Gasteiger partial charge on any atom is 0.194 e. The van der Waals surface area contributed by atoms with Crippen LogP contribution in [0, 0.1) is 11.8 Å². The maximum absolute atomic E-state index is 14.0. The Bertz CT molecular complexity index is 1230. The molecule has 2 heterocycles. The van der Waals surface area contributed by atoms with E-state index in [1.807, 2.05) is 30.3 Å². The summed E-state index contributed by atoms with van der Waals surface area (Å²) in [6, 6.07) is 20.4. The van der Waals surface area contributed by atoms with Crippen molar-refractivity contribution in [1.82, 2.24) is 0 Å². The summed E-state index contributed by atoms with van der Waals surface area (Å²) >= 11 is 0. The molecular formula is C29H28O3. The first-order chi connectivity index (χ1) is 15.7. The first kappa shape index (κ1) is 19.8. The van der Waals surface area contributed by atoms with Gasteiger partial charge in [-0.2, -0.15) is 0 Å². The van der Waals surface area contributed by atoms with Crippen LogP contribution in [0.5, 0.6) is 5.75 Å². The molecule has 3 nitrogen and oxygen atoms in total. The average molecular weight is 425 g/mol. The molecule has 3 aromatic rings. The number of hydrogen-bond acceptors (Lipinski definition) is 3. The van der Waals surface area contributed by atoms with Crippen LogP contribution >= 0.6 is 0 Å². The van der Waals surface area contributed by atoms with Gasteiger partial charge in [0.05, 0.1) is 6.61 Å². The van der Waals surface area contributed by atoms with Gasteiger partial charge in [0.15, 0.2) is 5.78 Å². The number of hydrogen-bond donors (Lipinski definition) is 0. The zero-order valence-corrected chi connectivity index (χ0v) is 18.5. The van der Waals surface area contributed by atoms with E-state index in [4.69, 9.17) is 9.47 Å². The third-order valence-electron chi connectivity index (χ3n) is 7.67. The molecule has 0 spiro atoms. The molecule has 0 bridgehead atoms. The summed E-state index contributed by atoms with van der Waals surface area (Å²) in [5, 5.41) is 2.12. The second-order valence-electron chi connectivity index (χ2n) is 9.47. The molecule has 1 saturated heterocycles. The standard InChI is InChI=1S/C29H28O3/c1-18-26-21(16-19-12-14-31-15-13-19)17-32-25-11-5-10-24(28(25)26)27(18)29(30)23-9-4-7-20-6-2-3-8-22(20)23/h2-11,19,21,26H,12-17H2,1H3. The molecule has 1 fully saturated rings. The summed E-state index contributed by atoms with van der Waals surface area (Å²) in [6.45, 7) is 4.63. The monoisotopic (exact) mass is 424 g/mol. The van der Waals surface area contributed by atoms with Gasteiger partial charge in [-0.05, 0) is 54.5 Å². The fourth-order valence-electron chi connectivity index (χ4n) is 6.15. The van der Waals surface area contributed by atoms with Crippen LogP contribution in [0.1, 0.15) is 53.6 Å². The highest BCUT2D eigenvalue weighted by Crippen LogP contribution is 2.54. The molecule has 0 amide bonds. The summed E-state index contributed by atoms with van der Waals surface area (Å²) in [5.74, 6) is 2.44. The quantitative estimate of drug-likeness (QED) is 0.454. The van der Waals surface area contributed by atoms with Gasteiger partial charge in [0.2, 0.25) is 0 Å². The molecule has 162 valence electrons. The molecule has 2 unspecified atom stereocenters. The van der Waals surface area contributed by atoms with Crippen molar-refractivity contribution >= 4 is 22.1 Å². The third-order valence-corrected chi connectivity index (χ3v) is 7.67. The van der Waals surface area contributed by atoms with Crippen LogP contribution in [0.2, 0.25) is 0 Å². The van der Waals surface area contributed by atoms with E-state index in [1.54, 1.807) is 0 Å². The zero-order chi connectivity index (χ0) is 21.7. The van der Waals surface area contributed by atoms with Gasteiger partial charge in [-0.25, -0.2) is 0 Å². The SMILES string of the molecule is CC1=C(C(=O)c2cccc3ccccc23)c2cccc3c2C1C(CC1CCOCC1)CO3. The Labute approximate surface area is 189 Å². The van der Waals surface area contributed by atoms with Gasteiger partial charge >= 0.3 is 0 Å². The van der Waals surface area contributed by atoms with Crippen LogP contribution in [0.4, 0.5) is 0 Å². The van der Waals surface area contributed by atoms with Crippen LogP contribution in [0.15, 0.2) is 66.2 Å². The van der Waals surface area contributed by atoms with E-state index < -0.39 is 0 Å². The summed E-state index contributed by atoms with van der Waals surface area (Å²) in [4.78, 5) is 14.0. The molecule has 2 atom stereocenters. The number of benzene rings is 3. The molecule has 3 heteroatoms. The summed E-state index contributed by atoms with van der Waals surface area (Å²) in [6.07, 6.45) is 3.39. The first-order valence-electron chi connectivity index (χ1n) is 11.8. The van der Waals surface area contributed by atoms with Crippen LogP contribution in [0.25, 0.3) is 16.3 Å². The highest BCUT2D eigenvalue weighted by Gasteiger charge is 2.42. The van der Waals surface area contributed by atoms with Gasteiger partial charge in [-0.3, -0.25) is 4.79 Å². The molecule has 3 aliphatic rings. The second-order valence-corrected chi connectivity index (χ2v) is 9.47. The number of allylic oxidation sites excluding steroid dienone is 2. The first-order valence-corrected chi connectivity index (χ1v) is 11.8. The van der Waals surface area contributed by atoms with Crippen molar-refractivity contribution in [2.45, 2.75) is 32.1 Å². The molecule has 6 rings (SSSR count). The van der Waals surface area contributed by atoms with Gasteiger partial charge in [-0.15, -0.1) is 0 Å². The van der Waals surface area contributed by atoms with Crippen molar-refractivity contribution in [3.8, 4) is 5.75 Å².